The first-order valence-corrected chi connectivity index (χ1v) is 13.1. The summed E-state index contributed by atoms with van der Waals surface area (Å²) in [6.45, 7) is 8.64. The van der Waals surface area contributed by atoms with Gasteiger partial charge in [0, 0.05) is 44.0 Å². The number of benzene rings is 2. The van der Waals surface area contributed by atoms with Crippen LogP contribution in [0.5, 0.6) is 0 Å². The van der Waals surface area contributed by atoms with Gasteiger partial charge in [0.1, 0.15) is 0 Å². The number of halogens is 2. The number of pyridine rings is 1. The summed E-state index contributed by atoms with van der Waals surface area (Å²) in [7, 11) is 0. The molecule has 1 saturated heterocycles. The lowest BCUT2D eigenvalue weighted by atomic mass is 9.93. The molecule has 2 aromatic carbocycles. The van der Waals surface area contributed by atoms with Gasteiger partial charge in [-0.25, -0.2) is 0 Å². The van der Waals surface area contributed by atoms with Crippen molar-refractivity contribution in [2.75, 3.05) is 4.90 Å². The van der Waals surface area contributed by atoms with Gasteiger partial charge in [-0.1, -0.05) is 39.7 Å². The van der Waals surface area contributed by atoms with Gasteiger partial charge in [0.15, 0.2) is 5.11 Å². The Bertz CT molecular complexity index is 1430. The van der Waals surface area contributed by atoms with Crippen molar-refractivity contribution < 1.29 is 0 Å². The number of aromatic nitrogens is 2. The van der Waals surface area contributed by atoms with Crippen LogP contribution in [0.4, 0.5) is 5.69 Å². The van der Waals surface area contributed by atoms with E-state index >= 15 is 0 Å². The van der Waals surface area contributed by atoms with Crippen molar-refractivity contribution in [2.45, 2.75) is 39.8 Å². The minimum Gasteiger partial charge on any atom is -0.351 e. The molecule has 2 aromatic heterocycles. The highest BCUT2D eigenvalue weighted by Gasteiger charge is 2.43. The maximum Gasteiger partial charge on any atom is 0.174 e. The van der Waals surface area contributed by atoms with Crippen LogP contribution in [0.3, 0.4) is 0 Å². The lowest BCUT2D eigenvalue weighted by Gasteiger charge is -2.29. The molecule has 0 spiro atoms. The Kier molecular flexibility index (Phi) is 6.47. The Balaban J connectivity index is 1.74. The number of nitrogens with zero attached hydrogens (tertiary/aromatic N) is 3. The van der Waals surface area contributed by atoms with Crippen LogP contribution in [-0.2, 0) is 0 Å². The summed E-state index contributed by atoms with van der Waals surface area (Å²) in [4.78, 5) is 6.95. The quantitative estimate of drug-likeness (QED) is 0.257. The number of hydrogen-bond donors (Lipinski definition) is 1. The minimum absolute atomic E-state index is 0.0721. The normalized spacial score (nSPS) is 17.7. The number of nitrogens with one attached hydrogen (secondary N) is 1. The smallest absolute Gasteiger partial charge is 0.174 e. The first-order valence-electron chi connectivity index (χ1n) is 11.5. The topological polar surface area (TPSA) is 33.1 Å². The molecule has 178 valence electrons. The van der Waals surface area contributed by atoms with E-state index in [0.717, 1.165) is 32.1 Å². The van der Waals surface area contributed by atoms with Gasteiger partial charge in [-0.15, -0.1) is 0 Å². The molecule has 7 heteroatoms. The zero-order valence-electron chi connectivity index (χ0n) is 20.0. The highest BCUT2D eigenvalue weighted by molar-refractivity contribution is 9.10. The predicted octanol–water partition coefficient (Wildman–Crippen LogP) is 7.70. The monoisotopic (exact) mass is 564 g/mol. The third-order valence-corrected chi connectivity index (χ3v) is 8.33. The van der Waals surface area contributed by atoms with Crippen molar-refractivity contribution in [1.29, 1.82) is 0 Å². The Labute approximate surface area is 225 Å². The molecule has 1 N–H and O–H groups in total. The van der Waals surface area contributed by atoms with E-state index in [9.17, 15) is 0 Å². The van der Waals surface area contributed by atoms with Gasteiger partial charge in [0.25, 0.3) is 0 Å². The lowest BCUT2D eigenvalue weighted by Crippen LogP contribution is -2.30. The molecule has 1 aliphatic heterocycles. The zero-order valence-corrected chi connectivity index (χ0v) is 23.2. The predicted molar refractivity (Wildman–Crippen MR) is 152 cm³/mol. The van der Waals surface area contributed by atoms with Crippen LogP contribution in [-0.4, -0.2) is 14.7 Å². The summed E-state index contributed by atoms with van der Waals surface area (Å²) < 4.78 is 3.37. The van der Waals surface area contributed by atoms with E-state index < -0.39 is 0 Å². The van der Waals surface area contributed by atoms with E-state index in [1.807, 2.05) is 36.5 Å². The van der Waals surface area contributed by atoms with Gasteiger partial charge in [0.05, 0.1) is 17.8 Å². The number of hydrogen-bond acceptors (Lipinski definition) is 2. The van der Waals surface area contributed by atoms with E-state index in [1.54, 1.807) is 0 Å². The Morgan fingerprint density at radius 2 is 1.74 bits per heavy atom. The summed E-state index contributed by atoms with van der Waals surface area (Å²) in [6.07, 6.45) is 1.84. The second kappa shape index (κ2) is 9.41. The largest absolute Gasteiger partial charge is 0.351 e. The Morgan fingerprint density at radius 3 is 2.43 bits per heavy atom. The second-order valence-electron chi connectivity index (χ2n) is 8.95. The summed E-state index contributed by atoms with van der Waals surface area (Å²) >= 11 is 15.9. The molecule has 1 aliphatic rings. The molecule has 4 nitrogen and oxygen atoms in total. The average Bonchev–Trinajstić information content (AvgIpc) is 3.28. The van der Waals surface area contributed by atoms with E-state index in [2.05, 4.69) is 88.7 Å². The molecule has 1 fully saturated rings. The molecule has 35 heavy (non-hydrogen) atoms. The number of aryl methyl sites for hydroxylation is 1. The fourth-order valence-electron chi connectivity index (χ4n) is 5.15. The summed E-state index contributed by atoms with van der Waals surface area (Å²) in [6, 6.07) is 20.2. The fraction of sp³-hybridized carbons (Fsp3) is 0.214. The fourth-order valence-corrected chi connectivity index (χ4v) is 5.93. The van der Waals surface area contributed by atoms with E-state index in [1.165, 1.54) is 22.5 Å². The number of thiocarbonyl (C=S) groups is 1. The highest BCUT2D eigenvalue weighted by Crippen LogP contribution is 2.45. The first-order chi connectivity index (χ1) is 16.8. The molecule has 0 aliphatic carbocycles. The van der Waals surface area contributed by atoms with Gasteiger partial charge < -0.3 is 14.8 Å². The molecule has 0 bridgehead atoms. The third kappa shape index (κ3) is 4.18. The molecule has 2 atom stereocenters. The zero-order chi connectivity index (χ0) is 24.9. The molecule has 0 amide bonds. The standard InChI is InChI=1S/C28H26BrClN4S/c1-16-14-22(11-12-23(16)29)34-27(26(32-28(34)35)24-10-5-6-13-31-24)25-17(2)18(3)33(19(25)4)21-9-7-8-20(30)15-21/h5-15,26-27H,1-4H3,(H,32,35)/t26-,27+/m1/s1. The molecule has 3 heterocycles. The lowest BCUT2D eigenvalue weighted by molar-refractivity contribution is 0.563. The van der Waals surface area contributed by atoms with Crippen LogP contribution in [0.25, 0.3) is 5.69 Å². The highest BCUT2D eigenvalue weighted by atomic mass is 79.9. The number of anilines is 1. The van der Waals surface area contributed by atoms with Crippen LogP contribution >= 0.6 is 39.7 Å². The number of rotatable bonds is 4. The third-order valence-electron chi connectivity index (χ3n) is 6.89. The van der Waals surface area contributed by atoms with Crippen molar-refractivity contribution in [3.8, 4) is 5.69 Å². The first kappa shape index (κ1) is 24.0. The van der Waals surface area contributed by atoms with Crippen molar-refractivity contribution in [3.63, 3.8) is 0 Å². The van der Waals surface area contributed by atoms with Gasteiger partial charge in [-0.3, -0.25) is 4.98 Å². The Hall–Kier alpha value is -2.67. The molecule has 0 saturated carbocycles. The minimum atomic E-state index is -0.0975. The Morgan fingerprint density at radius 1 is 0.943 bits per heavy atom. The summed E-state index contributed by atoms with van der Waals surface area (Å²) in [5, 5.41) is 5.00. The second-order valence-corrected chi connectivity index (χ2v) is 10.6. The summed E-state index contributed by atoms with van der Waals surface area (Å²) in [5.74, 6) is 0. The van der Waals surface area contributed by atoms with Crippen molar-refractivity contribution in [1.82, 2.24) is 14.9 Å². The van der Waals surface area contributed by atoms with E-state index in [0.29, 0.717) is 5.11 Å². The van der Waals surface area contributed by atoms with E-state index in [-0.39, 0.29) is 12.1 Å². The van der Waals surface area contributed by atoms with Gasteiger partial charge >= 0.3 is 0 Å². The molecule has 5 rings (SSSR count). The van der Waals surface area contributed by atoms with Crippen molar-refractivity contribution in [3.05, 3.63) is 110 Å². The van der Waals surface area contributed by atoms with Crippen molar-refractivity contribution >= 4 is 50.5 Å². The van der Waals surface area contributed by atoms with Crippen LogP contribution < -0.4 is 10.2 Å². The maximum atomic E-state index is 6.37. The molecule has 0 unspecified atom stereocenters. The van der Waals surface area contributed by atoms with Gasteiger partial charge in [-0.05, 0) is 99.6 Å². The van der Waals surface area contributed by atoms with Crippen LogP contribution in [0.15, 0.2) is 71.3 Å². The van der Waals surface area contributed by atoms with Gasteiger partial charge in [0.2, 0.25) is 0 Å². The van der Waals surface area contributed by atoms with Crippen LogP contribution in [0.1, 0.15) is 45.9 Å². The van der Waals surface area contributed by atoms with Gasteiger partial charge in [-0.2, -0.15) is 0 Å². The molecular weight excluding hydrogens is 540 g/mol. The molecule has 4 aromatic rings. The average molecular weight is 566 g/mol. The molecular formula is C28H26BrClN4S. The SMILES string of the molecule is Cc1cc(N2C(=S)N[C@H](c3ccccn3)[C@@H]2c2c(C)c(C)n(-c3cccc(Cl)c3)c2C)ccc1Br. The van der Waals surface area contributed by atoms with Crippen LogP contribution in [0.2, 0.25) is 5.02 Å². The molecule has 0 radical (unpaired) electrons. The van der Waals surface area contributed by atoms with Crippen LogP contribution in [0, 0.1) is 27.7 Å². The summed E-state index contributed by atoms with van der Waals surface area (Å²) in [5.41, 5.74) is 9.05. The maximum absolute atomic E-state index is 6.37. The van der Waals surface area contributed by atoms with Crippen molar-refractivity contribution in [2.24, 2.45) is 0 Å². The van der Waals surface area contributed by atoms with E-state index in [4.69, 9.17) is 28.8 Å².